The van der Waals surface area contributed by atoms with E-state index in [0.717, 1.165) is 38.9 Å². The largest absolute Gasteiger partial charge is 0.340 e. The molecule has 0 fully saturated rings. The minimum atomic E-state index is 0.625. The Morgan fingerprint density at radius 2 is 1.73 bits per heavy atom. The number of nitrogens with zero attached hydrogens (tertiary/aromatic N) is 5. The van der Waals surface area contributed by atoms with Gasteiger partial charge in [0.1, 0.15) is 5.82 Å². The molecule has 26 heavy (non-hydrogen) atoms. The Morgan fingerprint density at radius 1 is 0.846 bits per heavy atom. The van der Waals surface area contributed by atoms with Gasteiger partial charge in [0.15, 0.2) is 5.82 Å². The molecule has 4 aromatic heterocycles. The van der Waals surface area contributed by atoms with Gasteiger partial charge in [-0.15, -0.1) is 0 Å². The summed E-state index contributed by atoms with van der Waals surface area (Å²) in [6.07, 6.45) is 8.73. The number of benzene rings is 1. The lowest BCUT2D eigenvalue weighted by Crippen LogP contribution is -1.99. The first kappa shape index (κ1) is 14.5. The van der Waals surface area contributed by atoms with Gasteiger partial charge in [-0.1, -0.05) is 0 Å². The standard InChI is InChI=1S/C19H13N7/c1-2-16-13(10-22-26-16)9-14(1)23-19-15-5-8-21-11-17(15)24-18(25-19)12-3-6-20-7-4-12/h1-11H,(H,22,26)(H,23,24,25). The molecule has 0 unspecified atom stereocenters. The van der Waals surface area contributed by atoms with Crippen LogP contribution in [-0.2, 0) is 0 Å². The number of aromatic amines is 1. The van der Waals surface area contributed by atoms with E-state index in [1.165, 1.54) is 0 Å². The molecule has 5 aromatic rings. The smallest absolute Gasteiger partial charge is 0.162 e. The fourth-order valence-electron chi connectivity index (χ4n) is 2.86. The summed E-state index contributed by atoms with van der Waals surface area (Å²) in [5.41, 5.74) is 3.60. The van der Waals surface area contributed by atoms with Crippen LogP contribution in [-0.4, -0.2) is 30.1 Å². The molecule has 7 heteroatoms. The zero-order valence-electron chi connectivity index (χ0n) is 13.6. The molecule has 0 amide bonds. The van der Waals surface area contributed by atoms with Crippen molar-refractivity contribution in [2.24, 2.45) is 0 Å². The van der Waals surface area contributed by atoms with Crippen LogP contribution in [0.3, 0.4) is 0 Å². The maximum atomic E-state index is 4.73. The average Bonchev–Trinajstić information content (AvgIpc) is 3.16. The van der Waals surface area contributed by atoms with Crippen LogP contribution in [0.2, 0.25) is 0 Å². The number of aromatic nitrogens is 6. The molecule has 124 valence electrons. The number of anilines is 2. The quantitative estimate of drug-likeness (QED) is 0.520. The lowest BCUT2D eigenvalue weighted by molar-refractivity contribution is 1.12. The highest BCUT2D eigenvalue weighted by molar-refractivity contribution is 5.92. The fourth-order valence-corrected chi connectivity index (χ4v) is 2.86. The summed E-state index contributed by atoms with van der Waals surface area (Å²) in [7, 11) is 0. The molecule has 0 atom stereocenters. The van der Waals surface area contributed by atoms with Crippen molar-refractivity contribution in [3.63, 3.8) is 0 Å². The van der Waals surface area contributed by atoms with Gasteiger partial charge >= 0.3 is 0 Å². The Balaban J connectivity index is 1.65. The second kappa shape index (κ2) is 5.89. The number of nitrogens with one attached hydrogen (secondary N) is 2. The maximum absolute atomic E-state index is 4.73. The molecule has 2 N–H and O–H groups in total. The molecule has 0 saturated carbocycles. The number of hydrogen-bond donors (Lipinski definition) is 2. The van der Waals surface area contributed by atoms with Crippen LogP contribution in [0.5, 0.6) is 0 Å². The minimum Gasteiger partial charge on any atom is -0.340 e. The van der Waals surface area contributed by atoms with Gasteiger partial charge in [0, 0.05) is 40.6 Å². The molecule has 0 aliphatic rings. The van der Waals surface area contributed by atoms with Gasteiger partial charge < -0.3 is 5.32 Å². The van der Waals surface area contributed by atoms with Crippen LogP contribution >= 0.6 is 0 Å². The highest BCUT2D eigenvalue weighted by Gasteiger charge is 2.10. The molecule has 0 aliphatic carbocycles. The first-order chi connectivity index (χ1) is 12.9. The predicted octanol–water partition coefficient (Wildman–Crippen LogP) is 3.71. The molecule has 0 bridgehead atoms. The Labute approximate surface area is 148 Å². The van der Waals surface area contributed by atoms with Crippen molar-refractivity contribution in [3.8, 4) is 11.4 Å². The van der Waals surface area contributed by atoms with Crippen molar-refractivity contribution < 1.29 is 0 Å². The highest BCUT2D eigenvalue weighted by Crippen LogP contribution is 2.27. The highest BCUT2D eigenvalue weighted by atomic mass is 15.1. The van der Waals surface area contributed by atoms with E-state index >= 15 is 0 Å². The molecule has 5 rings (SSSR count). The maximum Gasteiger partial charge on any atom is 0.162 e. The van der Waals surface area contributed by atoms with Crippen molar-refractivity contribution in [2.45, 2.75) is 0 Å². The number of rotatable bonds is 3. The summed E-state index contributed by atoms with van der Waals surface area (Å²) >= 11 is 0. The van der Waals surface area contributed by atoms with E-state index in [-0.39, 0.29) is 0 Å². The van der Waals surface area contributed by atoms with Crippen LogP contribution in [0.1, 0.15) is 0 Å². The molecule has 0 aliphatic heterocycles. The van der Waals surface area contributed by atoms with E-state index < -0.39 is 0 Å². The first-order valence-electron chi connectivity index (χ1n) is 8.09. The predicted molar refractivity (Wildman–Crippen MR) is 99.9 cm³/mol. The van der Waals surface area contributed by atoms with Crippen molar-refractivity contribution in [1.29, 1.82) is 0 Å². The van der Waals surface area contributed by atoms with Gasteiger partial charge in [0.05, 0.1) is 23.4 Å². The van der Waals surface area contributed by atoms with E-state index in [0.29, 0.717) is 5.82 Å². The number of fused-ring (bicyclic) bond motifs is 2. The summed E-state index contributed by atoms with van der Waals surface area (Å²) in [5.74, 6) is 1.35. The van der Waals surface area contributed by atoms with E-state index in [2.05, 4.69) is 30.5 Å². The Morgan fingerprint density at radius 3 is 2.65 bits per heavy atom. The van der Waals surface area contributed by atoms with Gasteiger partial charge in [-0.05, 0) is 36.4 Å². The van der Waals surface area contributed by atoms with Gasteiger partial charge in [-0.3, -0.25) is 15.1 Å². The third-order valence-corrected chi connectivity index (χ3v) is 4.14. The van der Waals surface area contributed by atoms with Crippen molar-refractivity contribution in [2.75, 3.05) is 5.32 Å². The van der Waals surface area contributed by atoms with E-state index in [1.54, 1.807) is 31.0 Å². The van der Waals surface area contributed by atoms with Crippen LogP contribution in [0, 0.1) is 0 Å². The Kier molecular flexibility index (Phi) is 3.28. The topological polar surface area (TPSA) is 92.3 Å². The summed E-state index contributed by atoms with van der Waals surface area (Å²) in [5, 5.41) is 12.4. The second-order valence-corrected chi connectivity index (χ2v) is 5.82. The van der Waals surface area contributed by atoms with Gasteiger partial charge in [-0.2, -0.15) is 5.10 Å². The summed E-state index contributed by atoms with van der Waals surface area (Å²) < 4.78 is 0. The summed E-state index contributed by atoms with van der Waals surface area (Å²) in [4.78, 5) is 17.6. The normalized spacial score (nSPS) is 11.1. The molecule has 1 aromatic carbocycles. The van der Waals surface area contributed by atoms with Gasteiger partial charge in [-0.25, -0.2) is 9.97 Å². The first-order valence-corrected chi connectivity index (χ1v) is 8.09. The van der Waals surface area contributed by atoms with E-state index in [1.807, 2.05) is 36.4 Å². The monoisotopic (exact) mass is 339 g/mol. The van der Waals surface area contributed by atoms with Crippen molar-refractivity contribution >= 4 is 33.3 Å². The zero-order valence-corrected chi connectivity index (χ0v) is 13.6. The lowest BCUT2D eigenvalue weighted by atomic mass is 10.2. The Bertz CT molecular complexity index is 1210. The number of H-pyrrole nitrogens is 1. The molecule has 0 spiro atoms. The second-order valence-electron chi connectivity index (χ2n) is 5.82. The van der Waals surface area contributed by atoms with Crippen molar-refractivity contribution in [3.05, 3.63) is 67.4 Å². The molecule has 7 nitrogen and oxygen atoms in total. The third-order valence-electron chi connectivity index (χ3n) is 4.14. The van der Waals surface area contributed by atoms with Crippen LogP contribution < -0.4 is 5.32 Å². The van der Waals surface area contributed by atoms with Gasteiger partial charge in [0.25, 0.3) is 0 Å². The van der Waals surface area contributed by atoms with E-state index in [4.69, 9.17) is 4.98 Å². The number of pyridine rings is 2. The van der Waals surface area contributed by atoms with E-state index in [9.17, 15) is 0 Å². The Hall–Kier alpha value is -3.87. The number of hydrogen-bond acceptors (Lipinski definition) is 6. The molecular weight excluding hydrogens is 326 g/mol. The van der Waals surface area contributed by atoms with Gasteiger partial charge in [0.2, 0.25) is 0 Å². The molecule has 0 radical (unpaired) electrons. The van der Waals surface area contributed by atoms with Crippen LogP contribution in [0.4, 0.5) is 11.5 Å². The molecule has 4 heterocycles. The van der Waals surface area contributed by atoms with Crippen LogP contribution in [0.25, 0.3) is 33.2 Å². The summed E-state index contributed by atoms with van der Waals surface area (Å²) in [6, 6.07) is 11.7. The zero-order chi connectivity index (χ0) is 17.3. The average molecular weight is 339 g/mol. The minimum absolute atomic E-state index is 0.625. The SMILES string of the molecule is c1cc(-c2nc(Nc3ccc4[nH]ncc4c3)c3ccncc3n2)ccn1. The molecular formula is C19H13N7. The lowest BCUT2D eigenvalue weighted by Gasteiger charge is -2.11. The fraction of sp³-hybridized carbons (Fsp3) is 0. The molecule has 0 saturated heterocycles. The van der Waals surface area contributed by atoms with Crippen molar-refractivity contribution in [1.82, 2.24) is 30.1 Å². The van der Waals surface area contributed by atoms with Crippen LogP contribution in [0.15, 0.2) is 67.4 Å². The summed E-state index contributed by atoms with van der Waals surface area (Å²) in [6.45, 7) is 0. The third kappa shape index (κ3) is 2.51.